The number of carboxylic acid groups (broad SMARTS) is 1. The van der Waals surface area contributed by atoms with Crippen molar-refractivity contribution in [1.29, 1.82) is 0 Å². The third-order valence-corrected chi connectivity index (χ3v) is 5.86. The lowest BCUT2D eigenvalue weighted by atomic mass is 9.89. The van der Waals surface area contributed by atoms with Crippen LogP contribution in [0.4, 0.5) is 4.79 Å². The number of carboxylic acids is 1. The smallest absolute Gasteiger partial charge is 0.318 e. The highest BCUT2D eigenvalue weighted by Crippen LogP contribution is 2.42. The molecule has 0 aromatic carbocycles. The average molecular weight is 329 g/mol. The number of rotatable bonds is 3. The highest BCUT2D eigenvalue weighted by Gasteiger charge is 2.51. The number of amides is 2. The molecule has 0 spiro atoms. The van der Waals surface area contributed by atoms with Crippen LogP contribution in [0.5, 0.6) is 0 Å². The lowest BCUT2D eigenvalue weighted by Gasteiger charge is -2.25. The molecule has 2 saturated heterocycles. The molecule has 2 fully saturated rings. The molecule has 2 aliphatic rings. The number of halogens is 1. The van der Waals surface area contributed by atoms with Crippen molar-refractivity contribution >= 4 is 34.9 Å². The van der Waals surface area contributed by atoms with E-state index in [0.29, 0.717) is 10.8 Å². The van der Waals surface area contributed by atoms with E-state index < -0.39 is 11.9 Å². The number of nitrogens with zero attached hydrogens (tertiary/aromatic N) is 1. The van der Waals surface area contributed by atoms with E-state index >= 15 is 0 Å². The molecule has 21 heavy (non-hydrogen) atoms. The summed E-state index contributed by atoms with van der Waals surface area (Å²) in [5.74, 6) is -1.21. The van der Waals surface area contributed by atoms with Crippen molar-refractivity contribution in [2.45, 2.75) is 44.3 Å². The molecule has 2 aliphatic heterocycles. The van der Waals surface area contributed by atoms with Gasteiger partial charge in [-0.25, -0.2) is 4.79 Å². The Morgan fingerprint density at radius 2 is 2.24 bits per heavy atom. The third-order valence-electron chi connectivity index (χ3n) is 4.45. The van der Waals surface area contributed by atoms with Gasteiger partial charge in [-0.15, -0.1) is 11.3 Å². The topological polar surface area (TPSA) is 69.6 Å². The Morgan fingerprint density at radius 1 is 1.48 bits per heavy atom. The molecule has 4 atom stereocenters. The Bertz CT molecular complexity index is 576. The number of urea groups is 1. The van der Waals surface area contributed by atoms with Crippen LogP contribution in [-0.4, -0.2) is 34.1 Å². The molecular weight excluding hydrogens is 312 g/mol. The van der Waals surface area contributed by atoms with Gasteiger partial charge in [-0.05, 0) is 38.3 Å². The maximum Gasteiger partial charge on any atom is 0.318 e. The van der Waals surface area contributed by atoms with Crippen LogP contribution in [-0.2, 0) is 4.79 Å². The van der Waals surface area contributed by atoms with Crippen LogP contribution in [0.15, 0.2) is 12.1 Å². The second kappa shape index (κ2) is 5.50. The zero-order valence-electron chi connectivity index (χ0n) is 11.6. The van der Waals surface area contributed by atoms with Gasteiger partial charge in [0.1, 0.15) is 0 Å². The molecule has 1 aromatic heterocycles. The predicted molar refractivity (Wildman–Crippen MR) is 80.7 cm³/mol. The zero-order valence-corrected chi connectivity index (χ0v) is 13.2. The summed E-state index contributed by atoms with van der Waals surface area (Å²) in [5.41, 5.74) is 0. The maximum absolute atomic E-state index is 12.5. The van der Waals surface area contributed by atoms with E-state index in [-0.39, 0.29) is 24.2 Å². The number of hydrogen-bond acceptors (Lipinski definition) is 3. The standard InChI is InChI=1S/C14H17ClN2O3S/c1-7(11-4-5-12(15)21-11)16-14(20)17-8-2-3-10(17)9(6-8)13(18)19/h4-5,7-10H,2-3,6H2,1H3,(H,16,20)(H,18,19). The van der Waals surface area contributed by atoms with Crippen LogP contribution >= 0.6 is 22.9 Å². The summed E-state index contributed by atoms with van der Waals surface area (Å²) in [6, 6.07) is 3.32. The molecule has 2 amide bonds. The molecule has 0 radical (unpaired) electrons. The lowest BCUT2D eigenvalue weighted by molar-refractivity contribution is -0.142. The van der Waals surface area contributed by atoms with E-state index in [4.69, 9.17) is 11.6 Å². The first-order valence-electron chi connectivity index (χ1n) is 7.04. The van der Waals surface area contributed by atoms with E-state index in [1.807, 2.05) is 19.1 Å². The molecule has 4 unspecified atom stereocenters. The quantitative estimate of drug-likeness (QED) is 0.895. The second-order valence-electron chi connectivity index (χ2n) is 5.70. The number of fused-ring (bicyclic) bond motifs is 2. The first-order valence-corrected chi connectivity index (χ1v) is 8.23. The van der Waals surface area contributed by atoms with E-state index in [0.717, 1.165) is 17.7 Å². The van der Waals surface area contributed by atoms with Gasteiger partial charge in [-0.1, -0.05) is 11.6 Å². The average Bonchev–Trinajstić information content (AvgIpc) is 3.11. The van der Waals surface area contributed by atoms with Crippen molar-refractivity contribution in [3.05, 3.63) is 21.3 Å². The summed E-state index contributed by atoms with van der Waals surface area (Å²) in [6.07, 6.45) is 2.27. The summed E-state index contributed by atoms with van der Waals surface area (Å²) in [5, 5.41) is 12.2. The monoisotopic (exact) mass is 328 g/mol. The molecule has 0 aliphatic carbocycles. The van der Waals surface area contributed by atoms with Crippen molar-refractivity contribution in [3.63, 3.8) is 0 Å². The molecule has 2 N–H and O–H groups in total. The van der Waals surface area contributed by atoms with Crippen molar-refractivity contribution < 1.29 is 14.7 Å². The maximum atomic E-state index is 12.5. The van der Waals surface area contributed by atoms with Gasteiger partial charge in [0.2, 0.25) is 0 Å². The van der Waals surface area contributed by atoms with Gasteiger partial charge in [0.25, 0.3) is 0 Å². The molecular formula is C14H17ClN2O3S. The molecule has 2 bridgehead atoms. The number of hydrogen-bond donors (Lipinski definition) is 2. The Morgan fingerprint density at radius 3 is 2.81 bits per heavy atom. The number of nitrogens with one attached hydrogen (secondary N) is 1. The Balaban J connectivity index is 1.67. The van der Waals surface area contributed by atoms with Gasteiger partial charge in [0.05, 0.1) is 16.3 Å². The van der Waals surface area contributed by atoms with E-state index in [2.05, 4.69) is 5.32 Å². The van der Waals surface area contributed by atoms with Crippen LogP contribution in [0.25, 0.3) is 0 Å². The third kappa shape index (κ3) is 2.62. The molecule has 3 heterocycles. The van der Waals surface area contributed by atoms with Crippen LogP contribution < -0.4 is 5.32 Å². The minimum Gasteiger partial charge on any atom is -0.481 e. The molecule has 1 aromatic rings. The minimum atomic E-state index is -0.793. The van der Waals surface area contributed by atoms with Gasteiger partial charge in [0.15, 0.2) is 0 Å². The van der Waals surface area contributed by atoms with Gasteiger partial charge < -0.3 is 15.3 Å². The Hall–Kier alpha value is -1.27. The van der Waals surface area contributed by atoms with E-state index in [9.17, 15) is 14.7 Å². The van der Waals surface area contributed by atoms with Crippen LogP contribution in [0.3, 0.4) is 0 Å². The SMILES string of the molecule is CC(NC(=O)N1C2CCC1C(C(=O)O)C2)c1ccc(Cl)s1. The van der Waals surface area contributed by atoms with Crippen LogP contribution in [0, 0.1) is 5.92 Å². The summed E-state index contributed by atoms with van der Waals surface area (Å²) >= 11 is 7.35. The summed E-state index contributed by atoms with van der Waals surface area (Å²) in [4.78, 5) is 26.4. The first-order chi connectivity index (χ1) is 9.97. The normalized spacial score (nSPS) is 28.7. The highest BCUT2D eigenvalue weighted by atomic mass is 35.5. The molecule has 3 rings (SSSR count). The molecule has 5 nitrogen and oxygen atoms in total. The number of carbonyl (C=O) groups excluding carboxylic acids is 1. The lowest BCUT2D eigenvalue weighted by Crippen LogP contribution is -2.44. The molecule has 0 saturated carbocycles. The number of thiophene rings is 1. The fourth-order valence-electron chi connectivity index (χ4n) is 3.46. The van der Waals surface area contributed by atoms with Crippen molar-refractivity contribution in [3.8, 4) is 0 Å². The predicted octanol–water partition coefficient (Wildman–Crippen LogP) is 3.11. The Kier molecular flexibility index (Phi) is 3.84. The Labute approximate surface area is 131 Å². The minimum absolute atomic E-state index is 0.0650. The van der Waals surface area contributed by atoms with Crippen molar-refractivity contribution in [1.82, 2.24) is 10.2 Å². The van der Waals surface area contributed by atoms with Crippen LogP contribution in [0.1, 0.15) is 37.1 Å². The highest BCUT2D eigenvalue weighted by molar-refractivity contribution is 7.16. The largest absolute Gasteiger partial charge is 0.481 e. The first kappa shape index (κ1) is 14.7. The van der Waals surface area contributed by atoms with E-state index in [1.54, 1.807) is 4.90 Å². The fourth-order valence-corrected chi connectivity index (χ4v) is 4.53. The molecule has 7 heteroatoms. The number of carbonyl (C=O) groups is 2. The molecule has 114 valence electrons. The fraction of sp³-hybridized carbons (Fsp3) is 0.571. The van der Waals surface area contributed by atoms with E-state index in [1.165, 1.54) is 11.3 Å². The van der Waals surface area contributed by atoms with Gasteiger partial charge in [-0.3, -0.25) is 4.79 Å². The van der Waals surface area contributed by atoms with Crippen molar-refractivity contribution in [2.24, 2.45) is 5.92 Å². The van der Waals surface area contributed by atoms with Crippen molar-refractivity contribution in [2.75, 3.05) is 0 Å². The van der Waals surface area contributed by atoms with Gasteiger partial charge in [-0.2, -0.15) is 0 Å². The van der Waals surface area contributed by atoms with Gasteiger partial charge in [0, 0.05) is 17.0 Å². The number of aliphatic carboxylic acids is 1. The van der Waals surface area contributed by atoms with Crippen LogP contribution in [0.2, 0.25) is 4.34 Å². The van der Waals surface area contributed by atoms with Gasteiger partial charge >= 0.3 is 12.0 Å². The summed E-state index contributed by atoms with van der Waals surface area (Å²) in [6.45, 7) is 1.91. The summed E-state index contributed by atoms with van der Waals surface area (Å²) < 4.78 is 0.693. The second-order valence-corrected chi connectivity index (χ2v) is 7.45. The summed E-state index contributed by atoms with van der Waals surface area (Å²) in [7, 11) is 0. The zero-order chi connectivity index (χ0) is 15.1.